The Hall–Kier alpha value is -1.20. The van der Waals surface area contributed by atoms with Crippen LogP contribution in [-0.4, -0.2) is 54.6 Å². The van der Waals surface area contributed by atoms with Gasteiger partial charge in [-0.25, -0.2) is 9.97 Å². The summed E-state index contributed by atoms with van der Waals surface area (Å²) in [6.07, 6.45) is 4.54. The van der Waals surface area contributed by atoms with E-state index in [0.717, 1.165) is 31.3 Å². The first-order valence-electron chi connectivity index (χ1n) is 7.58. The van der Waals surface area contributed by atoms with Crippen LogP contribution in [0.4, 0.5) is 5.95 Å². The van der Waals surface area contributed by atoms with Crippen molar-refractivity contribution in [2.24, 2.45) is 0 Å². The highest BCUT2D eigenvalue weighted by Crippen LogP contribution is 2.19. The molecule has 0 aliphatic carbocycles. The molecule has 20 heavy (non-hydrogen) atoms. The summed E-state index contributed by atoms with van der Waals surface area (Å²) in [6, 6.07) is 0.644. The van der Waals surface area contributed by atoms with E-state index in [-0.39, 0.29) is 0 Å². The highest BCUT2D eigenvalue weighted by atomic mass is 15.3. The smallest absolute Gasteiger partial charge is 0.225 e. The Balaban J connectivity index is 2.01. The molecule has 0 spiro atoms. The fourth-order valence-corrected chi connectivity index (χ4v) is 2.94. The Labute approximate surface area is 122 Å². The van der Waals surface area contributed by atoms with E-state index in [0.29, 0.717) is 6.04 Å². The average Bonchev–Trinajstić information content (AvgIpc) is 2.88. The summed E-state index contributed by atoms with van der Waals surface area (Å²) < 4.78 is 0. The highest BCUT2D eigenvalue weighted by molar-refractivity contribution is 5.32. The molecule has 1 fully saturated rings. The van der Waals surface area contributed by atoms with Gasteiger partial charge in [0.2, 0.25) is 5.95 Å². The Morgan fingerprint density at radius 2 is 2.30 bits per heavy atom. The van der Waals surface area contributed by atoms with Crippen molar-refractivity contribution in [3.63, 3.8) is 0 Å². The first kappa shape index (κ1) is 15.2. The molecular weight excluding hydrogens is 250 g/mol. The van der Waals surface area contributed by atoms with Crippen LogP contribution in [-0.2, 0) is 6.54 Å². The lowest BCUT2D eigenvalue weighted by Gasteiger charge is -2.28. The average molecular weight is 277 g/mol. The van der Waals surface area contributed by atoms with Crippen LogP contribution in [0.5, 0.6) is 0 Å². The van der Waals surface area contributed by atoms with Crippen molar-refractivity contribution < 1.29 is 0 Å². The Morgan fingerprint density at radius 3 is 2.95 bits per heavy atom. The maximum atomic E-state index is 4.64. The van der Waals surface area contributed by atoms with Gasteiger partial charge in [0.15, 0.2) is 0 Å². The van der Waals surface area contributed by atoms with Gasteiger partial charge < -0.3 is 10.2 Å². The number of aromatic nitrogens is 2. The normalized spacial score (nSPS) is 19.5. The lowest BCUT2D eigenvalue weighted by Crippen LogP contribution is -2.39. The molecule has 112 valence electrons. The zero-order chi connectivity index (χ0) is 14.5. The Kier molecular flexibility index (Phi) is 5.31. The second kappa shape index (κ2) is 6.99. The molecule has 1 aromatic heterocycles. The van der Waals surface area contributed by atoms with Gasteiger partial charge in [-0.05, 0) is 39.9 Å². The predicted octanol–water partition coefficient (Wildman–Crippen LogP) is 1.42. The Bertz CT molecular complexity index is 434. The quantitative estimate of drug-likeness (QED) is 0.852. The number of nitrogens with one attached hydrogen (secondary N) is 1. The third kappa shape index (κ3) is 3.46. The van der Waals surface area contributed by atoms with Gasteiger partial charge >= 0.3 is 0 Å². The summed E-state index contributed by atoms with van der Waals surface area (Å²) in [4.78, 5) is 13.9. The van der Waals surface area contributed by atoms with E-state index in [1.807, 2.05) is 13.2 Å². The highest BCUT2D eigenvalue weighted by Gasteiger charge is 2.24. The van der Waals surface area contributed by atoms with Gasteiger partial charge in [-0.3, -0.25) is 4.90 Å². The molecule has 5 nitrogen and oxygen atoms in total. The number of hydrogen-bond donors (Lipinski definition) is 1. The van der Waals surface area contributed by atoms with Crippen molar-refractivity contribution in [3.8, 4) is 0 Å². The lowest BCUT2D eigenvalue weighted by molar-refractivity contribution is 0.270. The zero-order valence-corrected chi connectivity index (χ0v) is 13.2. The molecule has 5 heteroatoms. The first-order chi connectivity index (χ1) is 9.65. The first-order valence-corrected chi connectivity index (χ1v) is 7.58. The molecule has 1 aliphatic heterocycles. The van der Waals surface area contributed by atoms with Crippen LogP contribution in [0.15, 0.2) is 6.20 Å². The van der Waals surface area contributed by atoms with E-state index in [1.165, 1.54) is 24.9 Å². The van der Waals surface area contributed by atoms with E-state index in [9.17, 15) is 0 Å². The van der Waals surface area contributed by atoms with Gasteiger partial charge in [0.25, 0.3) is 0 Å². The van der Waals surface area contributed by atoms with E-state index < -0.39 is 0 Å². The van der Waals surface area contributed by atoms with Gasteiger partial charge in [-0.2, -0.15) is 0 Å². The molecule has 1 aliphatic rings. The summed E-state index contributed by atoms with van der Waals surface area (Å²) >= 11 is 0. The maximum absolute atomic E-state index is 4.64. The summed E-state index contributed by atoms with van der Waals surface area (Å²) in [6.45, 7) is 8.50. The van der Waals surface area contributed by atoms with E-state index in [1.54, 1.807) is 0 Å². The molecule has 1 atom stereocenters. The molecule has 1 aromatic rings. The largest absolute Gasteiger partial charge is 0.342 e. The number of nitrogens with zero attached hydrogens (tertiary/aromatic N) is 4. The maximum Gasteiger partial charge on any atom is 0.225 e. The van der Waals surface area contributed by atoms with Crippen molar-refractivity contribution in [3.05, 3.63) is 17.5 Å². The third-order valence-corrected chi connectivity index (χ3v) is 4.17. The van der Waals surface area contributed by atoms with Crippen molar-refractivity contribution in [2.45, 2.75) is 39.3 Å². The van der Waals surface area contributed by atoms with Crippen molar-refractivity contribution >= 4 is 5.95 Å². The van der Waals surface area contributed by atoms with Gasteiger partial charge in [0.05, 0.1) is 0 Å². The van der Waals surface area contributed by atoms with Gasteiger partial charge in [0.1, 0.15) is 0 Å². The SMILES string of the molecule is CCN1CCCC1CN(C)c1ncc(CNC)c(C)n1. The molecule has 0 bridgehead atoms. The van der Waals surface area contributed by atoms with Gasteiger partial charge in [0, 0.05) is 43.6 Å². The van der Waals surface area contributed by atoms with E-state index in [2.05, 4.69) is 46.0 Å². The molecule has 0 aromatic carbocycles. The van der Waals surface area contributed by atoms with E-state index >= 15 is 0 Å². The monoisotopic (exact) mass is 277 g/mol. The number of hydrogen-bond acceptors (Lipinski definition) is 5. The number of anilines is 1. The molecule has 0 radical (unpaired) electrons. The molecule has 2 heterocycles. The molecule has 2 rings (SSSR count). The molecule has 0 saturated carbocycles. The fraction of sp³-hybridized carbons (Fsp3) is 0.733. The fourth-order valence-electron chi connectivity index (χ4n) is 2.94. The third-order valence-electron chi connectivity index (χ3n) is 4.17. The number of rotatable bonds is 6. The number of aryl methyl sites for hydroxylation is 1. The minimum absolute atomic E-state index is 0.644. The minimum Gasteiger partial charge on any atom is -0.342 e. The summed E-state index contributed by atoms with van der Waals surface area (Å²) in [7, 11) is 4.04. The predicted molar refractivity (Wildman–Crippen MR) is 83.1 cm³/mol. The summed E-state index contributed by atoms with van der Waals surface area (Å²) in [5.41, 5.74) is 2.23. The van der Waals surface area contributed by atoms with Crippen molar-refractivity contribution in [2.75, 3.05) is 38.6 Å². The molecule has 1 saturated heterocycles. The Morgan fingerprint density at radius 1 is 1.50 bits per heavy atom. The van der Waals surface area contributed by atoms with Crippen LogP contribution in [0.3, 0.4) is 0 Å². The molecule has 1 unspecified atom stereocenters. The lowest BCUT2D eigenvalue weighted by atomic mass is 10.2. The zero-order valence-electron chi connectivity index (χ0n) is 13.2. The van der Waals surface area contributed by atoms with Gasteiger partial charge in [-0.15, -0.1) is 0 Å². The second-order valence-electron chi connectivity index (χ2n) is 5.62. The van der Waals surface area contributed by atoms with Crippen LogP contribution in [0.25, 0.3) is 0 Å². The van der Waals surface area contributed by atoms with Crippen molar-refractivity contribution in [1.82, 2.24) is 20.2 Å². The summed E-state index contributed by atoms with van der Waals surface area (Å²) in [5.74, 6) is 0.838. The summed E-state index contributed by atoms with van der Waals surface area (Å²) in [5, 5.41) is 3.15. The molecular formula is C15H27N5. The number of likely N-dealkylation sites (tertiary alicyclic amines) is 1. The van der Waals surface area contributed by atoms with Crippen molar-refractivity contribution in [1.29, 1.82) is 0 Å². The van der Waals surface area contributed by atoms with Gasteiger partial charge in [-0.1, -0.05) is 6.92 Å². The minimum atomic E-state index is 0.644. The number of likely N-dealkylation sites (N-methyl/N-ethyl adjacent to an activating group) is 2. The van der Waals surface area contributed by atoms with Crippen LogP contribution in [0.2, 0.25) is 0 Å². The van der Waals surface area contributed by atoms with Crippen LogP contribution >= 0.6 is 0 Å². The molecule has 0 amide bonds. The van der Waals surface area contributed by atoms with Crippen LogP contribution in [0.1, 0.15) is 31.0 Å². The van der Waals surface area contributed by atoms with E-state index in [4.69, 9.17) is 0 Å². The van der Waals surface area contributed by atoms with Crippen LogP contribution < -0.4 is 10.2 Å². The molecule has 1 N–H and O–H groups in total. The topological polar surface area (TPSA) is 44.3 Å². The standard InChI is InChI=1S/C15H27N5/c1-5-20-8-6-7-14(20)11-19(4)15-17-10-13(9-16-3)12(2)18-15/h10,14,16H,5-9,11H2,1-4H3. The van der Waals surface area contributed by atoms with Crippen LogP contribution in [0, 0.1) is 6.92 Å². The second-order valence-corrected chi connectivity index (χ2v) is 5.62.